The summed E-state index contributed by atoms with van der Waals surface area (Å²) in [7, 11) is 1.28. The van der Waals surface area contributed by atoms with Crippen LogP contribution in [0.2, 0.25) is 0 Å². The van der Waals surface area contributed by atoms with Crippen molar-refractivity contribution in [2.45, 2.75) is 26.8 Å². The van der Waals surface area contributed by atoms with Crippen LogP contribution >= 0.6 is 0 Å². The zero-order valence-corrected chi connectivity index (χ0v) is 22.5. The van der Waals surface area contributed by atoms with Gasteiger partial charge in [0.05, 0.1) is 44.1 Å². The highest BCUT2D eigenvalue weighted by Gasteiger charge is 2.46. The van der Waals surface area contributed by atoms with Crippen molar-refractivity contribution >= 4 is 29.4 Å². The predicted octanol–water partition coefficient (Wildman–Crippen LogP) is 2.35. The highest BCUT2D eigenvalue weighted by Crippen LogP contribution is 2.41. The number of esters is 2. The van der Waals surface area contributed by atoms with Crippen LogP contribution in [0.15, 0.2) is 29.8 Å². The van der Waals surface area contributed by atoms with Crippen LogP contribution in [-0.4, -0.2) is 96.6 Å². The number of carbonyl (C=O) groups is 4. The summed E-state index contributed by atoms with van der Waals surface area (Å²) >= 11 is 0. The van der Waals surface area contributed by atoms with Gasteiger partial charge in [0.15, 0.2) is 0 Å². The molecule has 11 heteroatoms. The molecule has 1 amide bonds. The maximum absolute atomic E-state index is 13.4. The molecule has 0 bridgehead atoms. The molecule has 3 heterocycles. The second-order valence-electron chi connectivity index (χ2n) is 9.41. The van der Waals surface area contributed by atoms with Crippen molar-refractivity contribution < 1.29 is 38.5 Å². The molecular formula is C28H33N3O8. The minimum Gasteiger partial charge on any atom is -0.507 e. The summed E-state index contributed by atoms with van der Waals surface area (Å²) in [6, 6.07) is 5.47. The number of rotatable bonds is 8. The van der Waals surface area contributed by atoms with Crippen LogP contribution in [0.4, 0.5) is 0 Å². The van der Waals surface area contributed by atoms with Crippen LogP contribution in [-0.2, 0) is 23.8 Å². The molecule has 1 atom stereocenters. The molecule has 0 spiro atoms. The number of nitrogens with zero attached hydrogens (tertiary/aromatic N) is 2. The van der Waals surface area contributed by atoms with Crippen LogP contribution in [0.25, 0.3) is 5.76 Å². The Bertz CT molecular complexity index is 1300. The van der Waals surface area contributed by atoms with E-state index in [0.29, 0.717) is 55.2 Å². The minimum absolute atomic E-state index is 0.0894. The van der Waals surface area contributed by atoms with Gasteiger partial charge in [-0.15, -0.1) is 0 Å². The fourth-order valence-corrected chi connectivity index (χ4v) is 5.10. The van der Waals surface area contributed by atoms with Crippen molar-refractivity contribution in [3.63, 3.8) is 0 Å². The Kier molecular flexibility index (Phi) is 8.51. The SMILES string of the molecule is CCOC(=O)c1[nH]c(C)c(C(O)=C2C(=O)C(=O)N(CCN3CCOCC3)C2c2ccc(C(=O)OC)cc2)c1C. The van der Waals surface area contributed by atoms with E-state index in [-0.39, 0.29) is 35.7 Å². The number of aliphatic hydroxyl groups is 1. The number of benzene rings is 1. The molecule has 2 aliphatic heterocycles. The molecule has 39 heavy (non-hydrogen) atoms. The van der Waals surface area contributed by atoms with E-state index in [2.05, 4.69) is 9.88 Å². The molecule has 208 valence electrons. The Morgan fingerprint density at radius 2 is 1.74 bits per heavy atom. The summed E-state index contributed by atoms with van der Waals surface area (Å²) in [5.41, 5.74) is 2.05. The second-order valence-corrected chi connectivity index (χ2v) is 9.41. The van der Waals surface area contributed by atoms with Crippen molar-refractivity contribution in [3.05, 3.63) is 63.5 Å². The van der Waals surface area contributed by atoms with Crippen molar-refractivity contribution in [2.24, 2.45) is 0 Å². The lowest BCUT2D eigenvalue weighted by atomic mass is 9.93. The minimum atomic E-state index is -0.905. The fourth-order valence-electron chi connectivity index (χ4n) is 5.10. The summed E-state index contributed by atoms with van der Waals surface area (Å²) in [6.07, 6.45) is 0. The van der Waals surface area contributed by atoms with E-state index in [1.54, 1.807) is 45.0 Å². The molecule has 1 unspecified atom stereocenters. The molecule has 0 aliphatic carbocycles. The van der Waals surface area contributed by atoms with Crippen molar-refractivity contribution in [3.8, 4) is 0 Å². The van der Waals surface area contributed by atoms with Gasteiger partial charge in [-0.05, 0) is 44.0 Å². The zero-order valence-electron chi connectivity index (χ0n) is 22.5. The van der Waals surface area contributed by atoms with Crippen LogP contribution < -0.4 is 0 Å². The van der Waals surface area contributed by atoms with Gasteiger partial charge < -0.3 is 29.2 Å². The van der Waals surface area contributed by atoms with Gasteiger partial charge in [0.2, 0.25) is 0 Å². The average Bonchev–Trinajstić information content (AvgIpc) is 3.38. The standard InChI is InChI=1S/C28H33N3O8/c1-5-39-28(36)22-16(2)20(17(3)29-22)24(32)21-23(18-6-8-19(9-7-18)27(35)37-4)31(26(34)25(21)33)11-10-30-12-14-38-15-13-30/h6-9,23,29,32H,5,10-15H2,1-4H3. The quantitative estimate of drug-likeness (QED) is 0.224. The number of H-pyrrole nitrogens is 1. The molecule has 0 radical (unpaired) electrons. The molecule has 11 nitrogen and oxygen atoms in total. The lowest BCUT2D eigenvalue weighted by molar-refractivity contribution is -0.140. The summed E-state index contributed by atoms with van der Waals surface area (Å²) in [4.78, 5) is 57.7. The number of hydrogen-bond donors (Lipinski definition) is 2. The predicted molar refractivity (Wildman–Crippen MR) is 140 cm³/mol. The van der Waals surface area contributed by atoms with Gasteiger partial charge in [0.25, 0.3) is 11.7 Å². The van der Waals surface area contributed by atoms with E-state index in [4.69, 9.17) is 14.2 Å². The number of ketones is 1. The number of morpholine rings is 1. The number of nitrogens with one attached hydrogen (secondary N) is 1. The van der Waals surface area contributed by atoms with E-state index >= 15 is 0 Å². The van der Waals surface area contributed by atoms with E-state index < -0.39 is 29.7 Å². The number of amides is 1. The number of aliphatic hydroxyl groups excluding tert-OH is 1. The summed E-state index contributed by atoms with van der Waals surface area (Å²) in [6.45, 7) is 8.52. The molecule has 2 N–H and O–H groups in total. The molecule has 1 aromatic heterocycles. The fraction of sp³-hybridized carbons (Fsp3) is 0.429. The average molecular weight is 540 g/mol. The number of likely N-dealkylation sites (tertiary alicyclic amines) is 1. The summed E-state index contributed by atoms with van der Waals surface area (Å²) in [5, 5.41) is 11.5. The van der Waals surface area contributed by atoms with Crippen LogP contribution in [0.1, 0.15) is 56.2 Å². The van der Waals surface area contributed by atoms with Crippen LogP contribution in [0.3, 0.4) is 0 Å². The number of ether oxygens (including phenoxy) is 3. The molecule has 4 rings (SSSR count). The number of aryl methyl sites for hydroxylation is 1. The Balaban J connectivity index is 1.80. The smallest absolute Gasteiger partial charge is 0.355 e. The first-order valence-corrected chi connectivity index (χ1v) is 12.8. The third-order valence-electron chi connectivity index (χ3n) is 7.10. The van der Waals surface area contributed by atoms with Gasteiger partial charge in [-0.2, -0.15) is 0 Å². The number of methoxy groups -OCH3 is 1. The van der Waals surface area contributed by atoms with Crippen molar-refractivity contribution in [2.75, 3.05) is 53.1 Å². The van der Waals surface area contributed by atoms with E-state index in [1.807, 2.05) is 0 Å². The van der Waals surface area contributed by atoms with E-state index in [1.165, 1.54) is 12.0 Å². The van der Waals surface area contributed by atoms with Crippen LogP contribution in [0.5, 0.6) is 0 Å². The number of aromatic nitrogens is 1. The second kappa shape index (κ2) is 11.8. The zero-order chi connectivity index (χ0) is 28.3. The van der Waals surface area contributed by atoms with E-state index in [9.17, 15) is 24.3 Å². The van der Waals surface area contributed by atoms with Gasteiger partial charge in [-0.1, -0.05) is 12.1 Å². The molecule has 2 aromatic rings. The Morgan fingerprint density at radius 3 is 2.36 bits per heavy atom. The molecule has 0 saturated carbocycles. The summed E-state index contributed by atoms with van der Waals surface area (Å²) in [5.74, 6) is -3.05. The van der Waals surface area contributed by atoms with E-state index in [0.717, 1.165) is 0 Å². The Labute approximate surface area is 226 Å². The molecule has 2 fully saturated rings. The largest absolute Gasteiger partial charge is 0.507 e. The normalized spacial score (nSPS) is 19.4. The molecule has 2 aliphatic rings. The number of carbonyl (C=O) groups excluding carboxylic acids is 4. The molecule has 1 aromatic carbocycles. The van der Waals surface area contributed by atoms with Gasteiger partial charge in [0, 0.05) is 37.4 Å². The Morgan fingerprint density at radius 1 is 1.08 bits per heavy atom. The summed E-state index contributed by atoms with van der Waals surface area (Å²) < 4.78 is 15.3. The van der Waals surface area contributed by atoms with Gasteiger partial charge in [-0.3, -0.25) is 14.5 Å². The third kappa shape index (κ3) is 5.45. The number of aromatic amines is 1. The first-order chi connectivity index (χ1) is 18.7. The monoisotopic (exact) mass is 539 g/mol. The molecular weight excluding hydrogens is 506 g/mol. The number of hydrogen-bond acceptors (Lipinski definition) is 9. The lowest BCUT2D eigenvalue weighted by Crippen LogP contribution is -2.42. The number of Topliss-reactive ketones (excluding diaryl/α,β-unsaturated/α-hetero) is 1. The van der Waals surface area contributed by atoms with Gasteiger partial charge in [-0.25, -0.2) is 9.59 Å². The van der Waals surface area contributed by atoms with Crippen molar-refractivity contribution in [1.82, 2.24) is 14.8 Å². The van der Waals surface area contributed by atoms with Gasteiger partial charge in [0.1, 0.15) is 11.5 Å². The maximum Gasteiger partial charge on any atom is 0.355 e. The first kappa shape index (κ1) is 28.1. The van der Waals surface area contributed by atoms with Gasteiger partial charge >= 0.3 is 11.9 Å². The Hall–Kier alpha value is -3.96. The highest BCUT2D eigenvalue weighted by molar-refractivity contribution is 6.46. The third-order valence-corrected chi connectivity index (χ3v) is 7.10. The topological polar surface area (TPSA) is 138 Å². The van der Waals surface area contributed by atoms with Crippen LogP contribution in [0, 0.1) is 13.8 Å². The lowest BCUT2D eigenvalue weighted by Gasteiger charge is -2.31. The van der Waals surface area contributed by atoms with Crippen molar-refractivity contribution in [1.29, 1.82) is 0 Å². The highest BCUT2D eigenvalue weighted by atomic mass is 16.5. The molecule has 2 saturated heterocycles. The maximum atomic E-state index is 13.4. The first-order valence-electron chi connectivity index (χ1n) is 12.8.